The van der Waals surface area contributed by atoms with Crippen LogP contribution in [0.25, 0.3) is 0 Å². The Kier molecular flexibility index (Phi) is 7.21. The first-order valence-electron chi connectivity index (χ1n) is 8.45. The van der Waals surface area contributed by atoms with E-state index < -0.39 is 6.10 Å². The van der Waals surface area contributed by atoms with E-state index in [0.717, 1.165) is 11.3 Å². The number of nitrogens with one attached hydrogen (secondary N) is 2. The van der Waals surface area contributed by atoms with Crippen LogP contribution in [-0.4, -0.2) is 48.9 Å². The molecule has 1 saturated heterocycles. The molecular weight excluding hydrogens is 324 g/mol. The van der Waals surface area contributed by atoms with E-state index in [1.54, 1.807) is 7.11 Å². The van der Waals surface area contributed by atoms with Crippen molar-refractivity contribution in [3.63, 3.8) is 0 Å². The van der Waals surface area contributed by atoms with Gasteiger partial charge in [0.25, 0.3) is 0 Å². The Hall–Kier alpha value is -2.12. The lowest BCUT2D eigenvalue weighted by atomic mass is 9.97. The first-order chi connectivity index (χ1) is 12.0. The molecule has 0 aromatic heterocycles. The quantitative estimate of drug-likeness (QED) is 0.674. The molecule has 0 radical (unpaired) electrons. The molecule has 138 valence electrons. The third-order valence-corrected chi connectivity index (χ3v) is 4.22. The Morgan fingerprint density at radius 3 is 2.84 bits per heavy atom. The molecule has 0 unspecified atom stereocenters. The first-order valence-corrected chi connectivity index (χ1v) is 8.45. The molecule has 25 heavy (non-hydrogen) atoms. The van der Waals surface area contributed by atoms with Crippen LogP contribution in [0.5, 0.6) is 5.75 Å². The van der Waals surface area contributed by atoms with Gasteiger partial charge in [-0.05, 0) is 30.5 Å². The summed E-state index contributed by atoms with van der Waals surface area (Å²) in [7, 11) is 1.60. The van der Waals surface area contributed by atoms with Crippen molar-refractivity contribution in [3.8, 4) is 5.75 Å². The number of aliphatic hydroxyl groups is 1. The van der Waals surface area contributed by atoms with Crippen molar-refractivity contribution < 1.29 is 24.2 Å². The van der Waals surface area contributed by atoms with Crippen LogP contribution in [-0.2, 0) is 20.9 Å². The average molecular weight is 350 g/mol. The number of ether oxygens (including phenoxy) is 2. The molecule has 0 saturated carbocycles. The van der Waals surface area contributed by atoms with Crippen molar-refractivity contribution in [1.82, 2.24) is 10.6 Å². The number of hydrogen-bond acceptors (Lipinski definition) is 5. The molecule has 2 amide bonds. The molecule has 0 spiro atoms. The number of carbonyl (C=O) groups is 2. The van der Waals surface area contributed by atoms with Crippen LogP contribution in [0.15, 0.2) is 24.3 Å². The van der Waals surface area contributed by atoms with Gasteiger partial charge in [-0.1, -0.05) is 12.1 Å². The minimum Gasteiger partial charge on any atom is -0.497 e. The van der Waals surface area contributed by atoms with Gasteiger partial charge in [0.15, 0.2) is 0 Å². The maximum absolute atomic E-state index is 12.1. The van der Waals surface area contributed by atoms with Crippen LogP contribution >= 0.6 is 0 Å². The predicted octanol–water partition coefficient (Wildman–Crippen LogP) is 0.746. The Morgan fingerprint density at radius 1 is 1.36 bits per heavy atom. The lowest BCUT2D eigenvalue weighted by molar-refractivity contribution is -0.135. The lowest BCUT2D eigenvalue weighted by Gasteiger charge is -2.35. The number of carbonyl (C=O) groups excluding carboxylic acids is 2. The molecule has 1 heterocycles. The summed E-state index contributed by atoms with van der Waals surface area (Å²) in [4.78, 5) is 23.3. The van der Waals surface area contributed by atoms with Gasteiger partial charge in [-0.15, -0.1) is 0 Å². The van der Waals surface area contributed by atoms with Gasteiger partial charge in [0.2, 0.25) is 11.8 Å². The molecule has 1 aromatic carbocycles. The van der Waals surface area contributed by atoms with Gasteiger partial charge < -0.3 is 25.2 Å². The fraction of sp³-hybridized carbons (Fsp3) is 0.556. The van der Waals surface area contributed by atoms with Gasteiger partial charge >= 0.3 is 0 Å². The summed E-state index contributed by atoms with van der Waals surface area (Å²) in [5.74, 6) is 0.487. The molecule has 0 bridgehead atoms. The topological polar surface area (TPSA) is 96.9 Å². The summed E-state index contributed by atoms with van der Waals surface area (Å²) < 4.78 is 10.9. The molecule has 3 atom stereocenters. The second kappa shape index (κ2) is 9.39. The second-order valence-corrected chi connectivity index (χ2v) is 6.20. The zero-order valence-electron chi connectivity index (χ0n) is 14.7. The summed E-state index contributed by atoms with van der Waals surface area (Å²) in [6.45, 7) is 1.67. The number of rotatable bonds is 7. The van der Waals surface area contributed by atoms with Crippen LogP contribution in [0.1, 0.15) is 31.7 Å². The maximum Gasteiger partial charge on any atom is 0.222 e. The van der Waals surface area contributed by atoms with E-state index >= 15 is 0 Å². The van der Waals surface area contributed by atoms with Gasteiger partial charge in [-0.3, -0.25) is 9.59 Å². The smallest absolute Gasteiger partial charge is 0.222 e. The molecule has 1 fully saturated rings. The SMILES string of the molecule is COc1cccc(CNC(=O)C[C@H]2CC[C@H](NC(C)=O)[C@@H](CO)O2)c1. The summed E-state index contributed by atoms with van der Waals surface area (Å²) in [6.07, 6.45) is 0.834. The van der Waals surface area contributed by atoms with Gasteiger partial charge in [-0.2, -0.15) is 0 Å². The minimum atomic E-state index is -0.478. The minimum absolute atomic E-state index is 0.109. The van der Waals surface area contributed by atoms with Crippen LogP contribution < -0.4 is 15.4 Å². The van der Waals surface area contributed by atoms with E-state index in [1.165, 1.54) is 6.92 Å². The largest absolute Gasteiger partial charge is 0.497 e. The molecule has 2 rings (SSSR count). The predicted molar refractivity (Wildman–Crippen MR) is 92.0 cm³/mol. The van der Waals surface area contributed by atoms with Crippen LogP contribution in [0, 0.1) is 0 Å². The van der Waals surface area contributed by atoms with E-state index in [9.17, 15) is 14.7 Å². The summed E-state index contributed by atoms with van der Waals surface area (Å²) in [6, 6.07) is 7.30. The molecule has 0 aliphatic carbocycles. The third kappa shape index (κ3) is 6.03. The first kappa shape index (κ1) is 19.2. The Balaban J connectivity index is 1.79. The monoisotopic (exact) mass is 350 g/mol. The fourth-order valence-electron chi connectivity index (χ4n) is 2.97. The molecular formula is C18H26N2O5. The number of methoxy groups -OCH3 is 1. The fourth-order valence-corrected chi connectivity index (χ4v) is 2.97. The number of hydrogen-bond donors (Lipinski definition) is 3. The number of aliphatic hydroxyl groups excluding tert-OH is 1. The van der Waals surface area contributed by atoms with Gasteiger partial charge in [0, 0.05) is 13.5 Å². The zero-order chi connectivity index (χ0) is 18.2. The highest BCUT2D eigenvalue weighted by atomic mass is 16.5. The lowest BCUT2D eigenvalue weighted by Crippen LogP contribution is -2.51. The van der Waals surface area contributed by atoms with Crippen molar-refractivity contribution in [2.45, 2.75) is 51.0 Å². The van der Waals surface area contributed by atoms with E-state index in [-0.39, 0.29) is 37.0 Å². The normalized spacial score (nSPS) is 22.9. The number of benzene rings is 1. The molecule has 7 nitrogen and oxygen atoms in total. The highest BCUT2D eigenvalue weighted by Crippen LogP contribution is 2.22. The molecule has 1 aromatic rings. The standard InChI is InChI=1S/C18H26N2O5/c1-12(22)20-16-7-6-15(25-17(16)11-21)9-18(23)19-10-13-4-3-5-14(8-13)24-2/h3-5,8,15-17,21H,6-7,9-11H2,1-2H3,(H,19,23)(H,20,22)/t15-,16+,17-/m1/s1. The second-order valence-electron chi connectivity index (χ2n) is 6.20. The highest BCUT2D eigenvalue weighted by molar-refractivity contribution is 5.76. The number of amides is 2. The Labute approximate surface area is 147 Å². The van der Waals surface area contributed by atoms with E-state index in [4.69, 9.17) is 9.47 Å². The van der Waals surface area contributed by atoms with Gasteiger partial charge in [-0.25, -0.2) is 0 Å². The van der Waals surface area contributed by atoms with Gasteiger partial charge in [0.05, 0.1) is 32.3 Å². The molecule has 7 heteroatoms. The van der Waals surface area contributed by atoms with Crippen molar-refractivity contribution in [2.24, 2.45) is 0 Å². The molecule has 1 aliphatic rings. The zero-order valence-corrected chi connectivity index (χ0v) is 14.7. The maximum atomic E-state index is 12.1. The van der Waals surface area contributed by atoms with Crippen molar-refractivity contribution in [2.75, 3.05) is 13.7 Å². The van der Waals surface area contributed by atoms with E-state index in [2.05, 4.69) is 10.6 Å². The highest BCUT2D eigenvalue weighted by Gasteiger charge is 2.32. The molecule has 1 aliphatic heterocycles. The third-order valence-electron chi connectivity index (χ3n) is 4.22. The summed E-state index contributed by atoms with van der Waals surface area (Å²) >= 11 is 0. The van der Waals surface area contributed by atoms with Crippen molar-refractivity contribution in [3.05, 3.63) is 29.8 Å². The van der Waals surface area contributed by atoms with Gasteiger partial charge in [0.1, 0.15) is 11.9 Å². The van der Waals surface area contributed by atoms with Crippen molar-refractivity contribution in [1.29, 1.82) is 0 Å². The average Bonchev–Trinajstić information content (AvgIpc) is 2.61. The summed E-state index contributed by atoms with van der Waals surface area (Å²) in [5.41, 5.74) is 0.955. The van der Waals surface area contributed by atoms with Crippen LogP contribution in [0.3, 0.4) is 0 Å². The van der Waals surface area contributed by atoms with E-state index in [1.807, 2.05) is 24.3 Å². The van der Waals surface area contributed by atoms with E-state index in [0.29, 0.717) is 19.4 Å². The Bertz CT molecular complexity index is 593. The Morgan fingerprint density at radius 2 is 2.16 bits per heavy atom. The van der Waals surface area contributed by atoms with Crippen LogP contribution in [0.4, 0.5) is 0 Å². The molecule has 3 N–H and O–H groups in total. The van der Waals surface area contributed by atoms with Crippen molar-refractivity contribution >= 4 is 11.8 Å². The van der Waals surface area contributed by atoms with Crippen LogP contribution in [0.2, 0.25) is 0 Å². The summed E-state index contributed by atoms with van der Waals surface area (Å²) in [5, 5.41) is 15.1.